The Morgan fingerprint density at radius 2 is 2.08 bits per heavy atom. The molecule has 2 fully saturated rings. The fourth-order valence-corrected chi connectivity index (χ4v) is 3.65. The van der Waals surface area contributed by atoms with Crippen LogP contribution in [0.4, 0.5) is 4.79 Å². The van der Waals surface area contributed by atoms with Crippen LogP contribution in [0.15, 0.2) is 30.3 Å². The molecular weight excluding hydrogens is 322 g/mol. The maximum absolute atomic E-state index is 12.8. The first-order chi connectivity index (χ1) is 12.1. The largest absolute Gasteiger partial charge is 0.447 e. The molecule has 2 amide bonds. The Morgan fingerprint density at radius 1 is 1.28 bits per heavy atom. The van der Waals surface area contributed by atoms with Gasteiger partial charge in [0.15, 0.2) is 5.69 Å². The highest BCUT2D eigenvalue weighted by Crippen LogP contribution is 2.32. The van der Waals surface area contributed by atoms with Crippen molar-refractivity contribution >= 4 is 12.0 Å². The summed E-state index contributed by atoms with van der Waals surface area (Å²) in [4.78, 5) is 28.4. The van der Waals surface area contributed by atoms with Crippen LogP contribution in [-0.4, -0.2) is 69.0 Å². The van der Waals surface area contributed by atoms with Gasteiger partial charge in [-0.1, -0.05) is 30.3 Å². The van der Waals surface area contributed by atoms with Crippen molar-refractivity contribution in [3.8, 4) is 0 Å². The highest BCUT2D eigenvalue weighted by Gasteiger charge is 2.51. The summed E-state index contributed by atoms with van der Waals surface area (Å²) in [6, 6.07) is 9.95. The van der Waals surface area contributed by atoms with Crippen molar-refractivity contribution in [2.24, 2.45) is 0 Å². The van der Waals surface area contributed by atoms with Crippen LogP contribution in [0.1, 0.15) is 21.7 Å². The van der Waals surface area contributed by atoms with Gasteiger partial charge in [-0.15, -0.1) is 0 Å². The van der Waals surface area contributed by atoms with Crippen LogP contribution in [0.3, 0.4) is 0 Å². The van der Waals surface area contributed by atoms with Crippen molar-refractivity contribution in [3.63, 3.8) is 0 Å². The van der Waals surface area contributed by atoms with Gasteiger partial charge in [0, 0.05) is 26.1 Å². The number of piperazine rings is 1. The van der Waals surface area contributed by atoms with E-state index in [1.54, 1.807) is 16.7 Å². The lowest BCUT2D eigenvalue weighted by Crippen LogP contribution is -2.63. The van der Waals surface area contributed by atoms with E-state index in [2.05, 4.69) is 15.4 Å². The molecule has 1 aromatic carbocycles. The van der Waals surface area contributed by atoms with Crippen molar-refractivity contribution < 1.29 is 14.3 Å². The molecule has 1 aromatic heterocycles. The number of H-pyrrole nitrogens is 1. The standard InChI is InChI=1S/C17H19N5O3/c1-12-14(19-20-18-12)15(23)21-7-8-22-16(24)25-11-17(22,10-21)9-13-5-3-2-4-6-13/h2-6H,7-11H2,1H3,(H,18,19,20). The highest BCUT2D eigenvalue weighted by atomic mass is 16.6. The van der Waals surface area contributed by atoms with Crippen molar-refractivity contribution in [3.05, 3.63) is 47.3 Å². The molecule has 8 nitrogen and oxygen atoms in total. The SMILES string of the molecule is Cc1n[nH]nc1C(=O)N1CCN2C(=O)OCC2(Cc2ccccc2)C1. The van der Waals surface area contributed by atoms with Gasteiger partial charge in [-0.05, 0) is 12.5 Å². The molecule has 2 saturated heterocycles. The third-order valence-electron chi connectivity index (χ3n) is 4.92. The third kappa shape index (κ3) is 2.63. The Kier molecular flexibility index (Phi) is 3.67. The van der Waals surface area contributed by atoms with Crippen LogP contribution in [-0.2, 0) is 11.2 Å². The van der Waals surface area contributed by atoms with Gasteiger partial charge < -0.3 is 9.64 Å². The molecule has 130 valence electrons. The number of carbonyl (C=O) groups is 2. The second-order valence-electron chi connectivity index (χ2n) is 6.58. The summed E-state index contributed by atoms with van der Waals surface area (Å²) in [6.07, 6.45) is 0.335. The summed E-state index contributed by atoms with van der Waals surface area (Å²) < 4.78 is 5.33. The van der Waals surface area contributed by atoms with Gasteiger partial charge in [-0.25, -0.2) is 4.79 Å². The Bertz CT molecular complexity index is 806. The van der Waals surface area contributed by atoms with Crippen LogP contribution < -0.4 is 0 Å². The van der Waals surface area contributed by atoms with E-state index in [4.69, 9.17) is 4.74 Å². The average Bonchev–Trinajstić information content (AvgIpc) is 3.19. The summed E-state index contributed by atoms with van der Waals surface area (Å²) in [5.41, 5.74) is 1.47. The van der Waals surface area contributed by atoms with E-state index in [-0.39, 0.29) is 18.6 Å². The van der Waals surface area contributed by atoms with Gasteiger partial charge in [0.1, 0.15) is 12.1 Å². The Hall–Kier alpha value is -2.90. The quantitative estimate of drug-likeness (QED) is 0.899. The molecule has 2 aliphatic heterocycles. The van der Waals surface area contributed by atoms with Crippen LogP contribution in [0.25, 0.3) is 0 Å². The Morgan fingerprint density at radius 3 is 2.80 bits per heavy atom. The minimum absolute atomic E-state index is 0.169. The zero-order valence-electron chi connectivity index (χ0n) is 13.9. The predicted octanol–water partition coefficient (Wildman–Crippen LogP) is 1.00. The minimum atomic E-state index is -0.538. The van der Waals surface area contributed by atoms with E-state index in [1.165, 1.54) is 0 Å². The topological polar surface area (TPSA) is 91.4 Å². The van der Waals surface area contributed by atoms with E-state index in [0.717, 1.165) is 5.56 Å². The van der Waals surface area contributed by atoms with Crippen LogP contribution in [0.2, 0.25) is 0 Å². The summed E-state index contributed by atoms with van der Waals surface area (Å²) >= 11 is 0. The number of aryl methyl sites for hydroxylation is 1. The van der Waals surface area contributed by atoms with E-state index >= 15 is 0 Å². The molecular formula is C17H19N5O3. The number of amides is 2. The number of hydrogen-bond acceptors (Lipinski definition) is 5. The van der Waals surface area contributed by atoms with Crippen molar-refractivity contribution in [2.45, 2.75) is 18.9 Å². The second kappa shape index (κ2) is 5.87. The molecule has 0 spiro atoms. The first kappa shape index (κ1) is 15.6. The molecule has 0 bridgehead atoms. The number of cyclic esters (lactones) is 1. The smallest absolute Gasteiger partial charge is 0.410 e. The number of aromatic nitrogens is 3. The highest BCUT2D eigenvalue weighted by molar-refractivity contribution is 5.93. The third-order valence-corrected chi connectivity index (χ3v) is 4.92. The first-order valence-electron chi connectivity index (χ1n) is 8.24. The Labute approximate surface area is 144 Å². The van der Waals surface area contributed by atoms with Crippen molar-refractivity contribution in [2.75, 3.05) is 26.2 Å². The van der Waals surface area contributed by atoms with Gasteiger partial charge in [-0.2, -0.15) is 15.4 Å². The van der Waals surface area contributed by atoms with E-state index < -0.39 is 5.54 Å². The van der Waals surface area contributed by atoms with Crippen LogP contribution in [0.5, 0.6) is 0 Å². The Balaban J connectivity index is 1.62. The van der Waals surface area contributed by atoms with Crippen LogP contribution >= 0.6 is 0 Å². The van der Waals surface area contributed by atoms with Gasteiger partial charge in [0.2, 0.25) is 0 Å². The second-order valence-corrected chi connectivity index (χ2v) is 6.58. The number of hydrogen-bond donors (Lipinski definition) is 1. The van der Waals surface area contributed by atoms with Gasteiger partial charge >= 0.3 is 6.09 Å². The van der Waals surface area contributed by atoms with Crippen molar-refractivity contribution in [1.82, 2.24) is 25.2 Å². The van der Waals surface area contributed by atoms with E-state index in [1.807, 2.05) is 30.3 Å². The zero-order valence-corrected chi connectivity index (χ0v) is 13.9. The fraction of sp³-hybridized carbons (Fsp3) is 0.412. The molecule has 25 heavy (non-hydrogen) atoms. The summed E-state index contributed by atoms with van der Waals surface area (Å²) in [7, 11) is 0. The number of benzene rings is 1. The number of aromatic amines is 1. The maximum atomic E-state index is 12.8. The summed E-state index contributed by atoms with van der Waals surface area (Å²) in [5.74, 6) is -0.169. The molecule has 1 N–H and O–H groups in total. The lowest BCUT2D eigenvalue weighted by molar-refractivity contribution is 0.0370. The summed E-state index contributed by atoms with van der Waals surface area (Å²) in [6.45, 7) is 3.35. The fourth-order valence-electron chi connectivity index (χ4n) is 3.65. The molecule has 0 aliphatic carbocycles. The van der Waals surface area contributed by atoms with Gasteiger partial charge in [-0.3, -0.25) is 9.69 Å². The molecule has 0 radical (unpaired) electrons. The molecule has 1 atom stereocenters. The lowest BCUT2D eigenvalue weighted by atomic mass is 9.88. The molecule has 2 aromatic rings. The van der Waals surface area contributed by atoms with Gasteiger partial charge in [0.05, 0.1) is 5.69 Å². The van der Waals surface area contributed by atoms with E-state index in [0.29, 0.717) is 37.4 Å². The van der Waals surface area contributed by atoms with Crippen molar-refractivity contribution in [1.29, 1.82) is 0 Å². The maximum Gasteiger partial charge on any atom is 0.410 e. The number of fused-ring (bicyclic) bond motifs is 1. The first-order valence-corrected chi connectivity index (χ1v) is 8.24. The minimum Gasteiger partial charge on any atom is -0.447 e. The summed E-state index contributed by atoms with van der Waals surface area (Å²) in [5, 5.41) is 10.4. The number of rotatable bonds is 3. The van der Waals surface area contributed by atoms with Crippen LogP contribution in [0, 0.1) is 6.92 Å². The zero-order chi connectivity index (χ0) is 17.4. The average molecular weight is 341 g/mol. The number of carbonyl (C=O) groups excluding carboxylic acids is 2. The molecule has 2 aliphatic rings. The molecule has 3 heterocycles. The monoisotopic (exact) mass is 341 g/mol. The molecule has 4 rings (SSSR count). The van der Waals surface area contributed by atoms with Gasteiger partial charge in [0.25, 0.3) is 5.91 Å². The lowest BCUT2D eigenvalue weighted by Gasteiger charge is -2.44. The van der Waals surface area contributed by atoms with E-state index in [9.17, 15) is 9.59 Å². The molecule has 8 heteroatoms. The number of ether oxygens (including phenoxy) is 1. The normalized spacial score (nSPS) is 22.7. The molecule has 0 saturated carbocycles. The number of nitrogens with one attached hydrogen (secondary N) is 1. The number of nitrogens with zero attached hydrogens (tertiary/aromatic N) is 4. The molecule has 1 unspecified atom stereocenters. The predicted molar refractivity (Wildman–Crippen MR) is 88.0 cm³/mol.